The van der Waals surface area contributed by atoms with Gasteiger partial charge >= 0.3 is 0 Å². The number of nitrogens with one attached hydrogen (secondary N) is 1. The summed E-state index contributed by atoms with van der Waals surface area (Å²) in [7, 11) is -2.37. The molecule has 3 heteroatoms. The highest BCUT2D eigenvalue weighted by Gasteiger charge is 2.42. The first kappa shape index (κ1) is 14.7. The fourth-order valence-corrected chi connectivity index (χ4v) is 8.06. The quantitative estimate of drug-likeness (QED) is 0.449. The summed E-state index contributed by atoms with van der Waals surface area (Å²) < 4.78 is 0. The van der Waals surface area contributed by atoms with E-state index in [0.29, 0.717) is 0 Å². The first-order valence-electron chi connectivity index (χ1n) is 8.09. The molecule has 0 radical (unpaired) electrons. The maximum absolute atomic E-state index is 4.27. The van der Waals surface area contributed by atoms with Crippen LogP contribution in [0.3, 0.4) is 0 Å². The van der Waals surface area contributed by atoms with Crippen molar-refractivity contribution < 1.29 is 0 Å². The third kappa shape index (κ3) is 2.30. The van der Waals surface area contributed by atoms with E-state index in [-0.39, 0.29) is 0 Å². The second-order valence-corrected chi connectivity index (χ2v) is 9.59. The van der Waals surface area contributed by atoms with E-state index in [0.717, 1.165) is 0 Å². The summed E-state index contributed by atoms with van der Waals surface area (Å²) >= 11 is 0. The summed E-state index contributed by atoms with van der Waals surface area (Å²) in [6, 6.07) is 34.6. The molecule has 2 nitrogen and oxygen atoms in total. The van der Waals surface area contributed by atoms with Crippen LogP contribution in [0.2, 0.25) is 0 Å². The Morgan fingerprint density at radius 3 is 1.29 bits per heavy atom. The number of aromatic amines is 1. The normalized spacial score (nSPS) is 11.3. The van der Waals surface area contributed by atoms with Crippen molar-refractivity contribution in [1.82, 2.24) is 10.2 Å². The zero-order valence-electron chi connectivity index (χ0n) is 13.3. The van der Waals surface area contributed by atoms with E-state index < -0.39 is 8.07 Å². The van der Waals surface area contributed by atoms with Gasteiger partial charge in [0.05, 0.1) is 0 Å². The monoisotopic (exact) mass is 326 g/mol. The Morgan fingerprint density at radius 1 is 0.542 bits per heavy atom. The van der Waals surface area contributed by atoms with Crippen molar-refractivity contribution in [3.8, 4) is 0 Å². The Bertz CT molecular complexity index is 792. The average molecular weight is 326 g/mol. The lowest BCUT2D eigenvalue weighted by Gasteiger charge is -2.32. The number of aromatic nitrogens is 2. The van der Waals surface area contributed by atoms with Crippen LogP contribution < -0.4 is 20.9 Å². The topological polar surface area (TPSA) is 28.7 Å². The Labute approximate surface area is 142 Å². The molecule has 0 spiro atoms. The van der Waals surface area contributed by atoms with Gasteiger partial charge in [-0.05, 0) is 21.6 Å². The Balaban J connectivity index is 2.12. The molecule has 0 saturated heterocycles. The molecule has 1 aromatic heterocycles. The summed E-state index contributed by atoms with van der Waals surface area (Å²) in [5, 5.41) is 12.8. The van der Waals surface area contributed by atoms with Gasteiger partial charge in [0.1, 0.15) is 0 Å². The number of benzene rings is 3. The summed E-state index contributed by atoms with van der Waals surface area (Å²) in [6.07, 6.45) is 1.85. The van der Waals surface area contributed by atoms with Crippen LogP contribution in [-0.4, -0.2) is 18.3 Å². The van der Waals surface area contributed by atoms with Gasteiger partial charge in [0.25, 0.3) is 0 Å². The smallest absolute Gasteiger partial charge is 0.201 e. The van der Waals surface area contributed by atoms with Crippen LogP contribution >= 0.6 is 0 Å². The lowest BCUT2D eigenvalue weighted by Crippen LogP contribution is -2.75. The predicted octanol–water partition coefficient (Wildman–Crippen LogP) is 1.79. The van der Waals surface area contributed by atoms with Gasteiger partial charge in [-0.1, -0.05) is 91.0 Å². The zero-order valence-corrected chi connectivity index (χ0v) is 14.3. The van der Waals surface area contributed by atoms with Gasteiger partial charge < -0.3 is 0 Å². The van der Waals surface area contributed by atoms with E-state index in [4.69, 9.17) is 0 Å². The minimum Gasteiger partial charge on any atom is -0.286 e. The van der Waals surface area contributed by atoms with E-state index in [1.165, 1.54) is 20.9 Å². The van der Waals surface area contributed by atoms with E-state index in [1.807, 2.05) is 6.20 Å². The molecule has 0 aliphatic rings. The van der Waals surface area contributed by atoms with Crippen molar-refractivity contribution in [3.63, 3.8) is 0 Å². The molecule has 4 rings (SSSR count). The number of nitrogens with zero attached hydrogens (tertiary/aromatic N) is 1. The van der Waals surface area contributed by atoms with Crippen LogP contribution in [-0.2, 0) is 0 Å². The van der Waals surface area contributed by atoms with Crippen molar-refractivity contribution in [2.45, 2.75) is 0 Å². The van der Waals surface area contributed by atoms with Gasteiger partial charge in [-0.25, -0.2) is 0 Å². The van der Waals surface area contributed by atoms with Gasteiger partial charge in [-0.2, -0.15) is 5.10 Å². The van der Waals surface area contributed by atoms with Crippen LogP contribution in [0.15, 0.2) is 103 Å². The molecule has 3 aromatic carbocycles. The maximum Gasteiger partial charge on any atom is 0.201 e. The highest BCUT2D eigenvalue weighted by Crippen LogP contribution is 2.07. The second-order valence-electron chi connectivity index (χ2n) is 5.82. The molecule has 0 bridgehead atoms. The molecule has 1 N–H and O–H groups in total. The van der Waals surface area contributed by atoms with Crippen LogP contribution in [0.25, 0.3) is 0 Å². The Hall–Kier alpha value is -2.91. The molecule has 1 heterocycles. The van der Waals surface area contributed by atoms with E-state index in [1.54, 1.807) is 0 Å². The molecule has 0 fully saturated rings. The molecule has 0 amide bonds. The molecule has 116 valence electrons. The molecular weight excluding hydrogens is 308 g/mol. The zero-order chi connectivity index (χ0) is 16.2. The molecule has 0 aliphatic carbocycles. The van der Waals surface area contributed by atoms with Crippen molar-refractivity contribution in [2.75, 3.05) is 0 Å². The fraction of sp³-hybridized carbons (Fsp3) is 0. The maximum atomic E-state index is 4.27. The highest BCUT2D eigenvalue weighted by atomic mass is 28.3. The summed E-state index contributed by atoms with van der Waals surface area (Å²) in [5.74, 6) is 0. The van der Waals surface area contributed by atoms with Crippen molar-refractivity contribution in [1.29, 1.82) is 0 Å². The number of hydrogen-bond acceptors (Lipinski definition) is 1. The fourth-order valence-electron chi connectivity index (χ4n) is 3.50. The van der Waals surface area contributed by atoms with Crippen LogP contribution in [0, 0.1) is 0 Å². The largest absolute Gasteiger partial charge is 0.286 e. The molecule has 0 saturated carbocycles. The van der Waals surface area contributed by atoms with Crippen LogP contribution in [0.1, 0.15) is 0 Å². The van der Waals surface area contributed by atoms with Gasteiger partial charge in [0.15, 0.2) is 0 Å². The van der Waals surface area contributed by atoms with Crippen molar-refractivity contribution >= 4 is 29.0 Å². The molecule has 0 unspecified atom stereocenters. The molecule has 0 atom stereocenters. The third-order valence-corrected chi connectivity index (χ3v) is 9.21. The van der Waals surface area contributed by atoms with Gasteiger partial charge in [0, 0.05) is 11.5 Å². The molecular formula is C21H18N2Si. The van der Waals surface area contributed by atoms with Crippen molar-refractivity contribution in [3.05, 3.63) is 103 Å². The lowest BCUT2D eigenvalue weighted by atomic mass is 10.3. The van der Waals surface area contributed by atoms with Gasteiger partial charge in [-0.3, -0.25) is 5.10 Å². The Morgan fingerprint density at radius 2 is 0.958 bits per heavy atom. The number of hydrogen-bond donors (Lipinski definition) is 1. The number of rotatable bonds is 4. The van der Waals surface area contributed by atoms with Gasteiger partial charge in [0.2, 0.25) is 8.07 Å². The van der Waals surface area contributed by atoms with Crippen LogP contribution in [0.5, 0.6) is 0 Å². The predicted molar refractivity (Wildman–Crippen MR) is 102 cm³/mol. The Kier molecular flexibility index (Phi) is 3.85. The number of H-pyrrole nitrogens is 1. The average Bonchev–Trinajstić information content (AvgIpc) is 3.20. The van der Waals surface area contributed by atoms with E-state index in [9.17, 15) is 0 Å². The summed E-state index contributed by atoms with van der Waals surface area (Å²) in [5.41, 5.74) is 0. The minimum absolute atomic E-state index is 1.20. The first-order valence-corrected chi connectivity index (χ1v) is 10.1. The van der Waals surface area contributed by atoms with Crippen LogP contribution in [0.4, 0.5) is 0 Å². The van der Waals surface area contributed by atoms with E-state index >= 15 is 0 Å². The SMILES string of the molecule is c1ccc([Si](c2ccccc2)(c2ccccc2)c2ccn[nH]2)cc1. The first-order chi connectivity index (χ1) is 11.9. The summed E-state index contributed by atoms with van der Waals surface area (Å²) in [4.78, 5) is 0. The standard InChI is InChI=1S/C21H18N2Si/c1-4-10-18(11-5-1)24(21-16-17-22-23-21,19-12-6-2-7-13-19)20-14-8-3-9-15-20/h1-17H,(H,22,23). The molecule has 24 heavy (non-hydrogen) atoms. The van der Waals surface area contributed by atoms with E-state index in [2.05, 4.69) is 107 Å². The molecule has 4 aromatic rings. The molecule has 0 aliphatic heterocycles. The van der Waals surface area contributed by atoms with Gasteiger partial charge in [-0.15, -0.1) is 0 Å². The summed E-state index contributed by atoms with van der Waals surface area (Å²) in [6.45, 7) is 0. The highest BCUT2D eigenvalue weighted by molar-refractivity contribution is 7.19. The minimum atomic E-state index is -2.37. The third-order valence-electron chi connectivity index (χ3n) is 4.53. The lowest BCUT2D eigenvalue weighted by molar-refractivity contribution is 1.11. The second kappa shape index (κ2) is 6.30. The van der Waals surface area contributed by atoms with Crippen molar-refractivity contribution in [2.24, 2.45) is 0 Å².